The molecule has 0 spiro atoms. The highest BCUT2D eigenvalue weighted by atomic mass is 15.3. The molecule has 31 heavy (non-hydrogen) atoms. The number of hydrogen-bond donors (Lipinski definition) is 2. The number of aliphatic imine (C=N–C) groups is 1. The van der Waals surface area contributed by atoms with Crippen LogP contribution in [-0.4, -0.2) is 46.8 Å². The average Bonchev–Trinajstić information content (AvgIpc) is 3.31. The van der Waals surface area contributed by atoms with Gasteiger partial charge in [0.05, 0.1) is 13.1 Å². The second-order valence-electron chi connectivity index (χ2n) is 7.89. The summed E-state index contributed by atoms with van der Waals surface area (Å²) in [6, 6.07) is 19.2. The molecule has 2 aromatic carbocycles. The molecule has 2 heterocycles. The lowest BCUT2D eigenvalue weighted by Crippen LogP contribution is -2.42. The number of fused-ring (bicyclic) bond motifs is 1. The van der Waals surface area contributed by atoms with Crippen molar-refractivity contribution in [2.24, 2.45) is 4.99 Å². The first-order valence-electron chi connectivity index (χ1n) is 11.2. The summed E-state index contributed by atoms with van der Waals surface area (Å²) in [5.41, 5.74) is 5.43. The SMILES string of the molecule is CCNC(=NCc1ccccc1Cn1cccn1)NCCN1CCc2ccccc2C1. The van der Waals surface area contributed by atoms with Gasteiger partial charge < -0.3 is 10.6 Å². The van der Waals surface area contributed by atoms with Crippen LogP contribution in [-0.2, 0) is 26.1 Å². The van der Waals surface area contributed by atoms with Gasteiger partial charge in [0.15, 0.2) is 5.96 Å². The number of rotatable bonds is 8. The third-order valence-electron chi connectivity index (χ3n) is 5.69. The Hall–Kier alpha value is -3.12. The Kier molecular flexibility index (Phi) is 7.34. The number of guanidine groups is 1. The van der Waals surface area contributed by atoms with Crippen LogP contribution in [0.25, 0.3) is 0 Å². The summed E-state index contributed by atoms with van der Waals surface area (Å²) in [6.07, 6.45) is 4.94. The van der Waals surface area contributed by atoms with Crippen LogP contribution in [0, 0.1) is 0 Å². The molecular formula is C25H32N6. The topological polar surface area (TPSA) is 57.5 Å². The van der Waals surface area contributed by atoms with E-state index in [0.29, 0.717) is 6.54 Å². The summed E-state index contributed by atoms with van der Waals surface area (Å²) in [7, 11) is 0. The molecule has 0 fully saturated rings. The Morgan fingerprint density at radius 3 is 2.61 bits per heavy atom. The Labute approximate surface area is 185 Å². The molecule has 162 valence electrons. The van der Waals surface area contributed by atoms with Crippen LogP contribution in [0.4, 0.5) is 0 Å². The zero-order chi connectivity index (χ0) is 21.3. The number of benzene rings is 2. The van der Waals surface area contributed by atoms with Gasteiger partial charge in [-0.3, -0.25) is 9.58 Å². The molecule has 0 aliphatic carbocycles. The van der Waals surface area contributed by atoms with Crippen molar-refractivity contribution in [2.75, 3.05) is 26.2 Å². The lowest BCUT2D eigenvalue weighted by Gasteiger charge is -2.28. The van der Waals surface area contributed by atoms with Crippen molar-refractivity contribution >= 4 is 5.96 Å². The van der Waals surface area contributed by atoms with Crippen molar-refractivity contribution < 1.29 is 0 Å². The molecule has 2 N–H and O–H groups in total. The van der Waals surface area contributed by atoms with Crippen molar-refractivity contribution in [3.8, 4) is 0 Å². The van der Waals surface area contributed by atoms with E-state index in [4.69, 9.17) is 4.99 Å². The monoisotopic (exact) mass is 416 g/mol. The van der Waals surface area contributed by atoms with E-state index in [9.17, 15) is 0 Å². The molecule has 0 saturated carbocycles. The van der Waals surface area contributed by atoms with Gasteiger partial charge in [0.2, 0.25) is 0 Å². The molecule has 0 radical (unpaired) electrons. The Bertz CT molecular complexity index is 979. The van der Waals surface area contributed by atoms with E-state index in [1.165, 1.54) is 22.3 Å². The van der Waals surface area contributed by atoms with Gasteiger partial charge in [-0.25, -0.2) is 4.99 Å². The van der Waals surface area contributed by atoms with Crippen LogP contribution in [0.15, 0.2) is 72.0 Å². The summed E-state index contributed by atoms with van der Waals surface area (Å²) < 4.78 is 1.95. The largest absolute Gasteiger partial charge is 0.357 e. The van der Waals surface area contributed by atoms with Gasteiger partial charge in [-0.1, -0.05) is 48.5 Å². The van der Waals surface area contributed by atoms with Gasteiger partial charge in [0, 0.05) is 45.1 Å². The summed E-state index contributed by atoms with van der Waals surface area (Å²) in [5.74, 6) is 0.869. The molecular weight excluding hydrogens is 384 g/mol. The summed E-state index contributed by atoms with van der Waals surface area (Å²) in [6.45, 7) is 8.39. The summed E-state index contributed by atoms with van der Waals surface area (Å²) in [4.78, 5) is 7.35. The average molecular weight is 417 g/mol. The smallest absolute Gasteiger partial charge is 0.191 e. The molecule has 6 heteroatoms. The fourth-order valence-electron chi connectivity index (χ4n) is 4.02. The molecule has 1 aliphatic rings. The quantitative estimate of drug-likeness (QED) is 0.438. The van der Waals surface area contributed by atoms with E-state index >= 15 is 0 Å². The lowest BCUT2D eigenvalue weighted by atomic mass is 10.00. The van der Waals surface area contributed by atoms with Crippen LogP contribution < -0.4 is 10.6 Å². The van der Waals surface area contributed by atoms with Crippen molar-refractivity contribution in [3.05, 3.63) is 89.2 Å². The zero-order valence-corrected chi connectivity index (χ0v) is 18.3. The van der Waals surface area contributed by atoms with E-state index in [0.717, 1.165) is 51.6 Å². The van der Waals surface area contributed by atoms with Crippen molar-refractivity contribution in [3.63, 3.8) is 0 Å². The van der Waals surface area contributed by atoms with Crippen molar-refractivity contribution in [2.45, 2.75) is 33.0 Å². The number of nitrogens with zero attached hydrogens (tertiary/aromatic N) is 4. The minimum atomic E-state index is 0.643. The van der Waals surface area contributed by atoms with Gasteiger partial charge in [0.25, 0.3) is 0 Å². The highest BCUT2D eigenvalue weighted by Crippen LogP contribution is 2.17. The van der Waals surface area contributed by atoms with Crippen LogP contribution in [0.5, 0.6) is 0 Å². The number of nitrogens with one attached hydrogen (secondary N) is 2. The third kappa shape index (κ3) is 5.95. The minimum absolute atomic E-state index is 0.643. The Balaban J connectivity index is 1.32. The standard InChI is InChI=1S/C25H32N6/c1-2-26-25(27-14-17-30-16-12-21-8-3-5-10-23(21)19-30)28-18-22-9-4-6-11-24(22)20-31-15-7-13-29-31/h3-11,13,15H,2,12,14,16-20H2,1H3,(H2,26,27,28). The molecule has 0 saturated heterocycles. The highest BCUT2D eigenvalue weighted by Gasteiger charge is 2.15. The maximum atomic E-state index is 4.84. The normalized spacial score (nSPS) is 14.3. The Morgan fingerprint density at radius 2 is 1.81 bits per heavy atom. The molecule has 0 bridgehead atoms. The van der Waals surface area contributed by atoms with Crippen molar-refractivity contribution in [1.29, 1.82) is 0 Å². The second kappa shape index (κ2) is 10.8. The maximum absolute atomic E-state index is 4.84. The molecule has 6 nitrogen and oxygen atoms in total. The molecule has 1 aliphatic heterocycles. The van der Waals surface area contributed by atoms with Gasteiger partial charge in [-0.2, -0.15) is 5.10 Å². The fraction of sp³-hybridized carbons (Fsp3) is 0.360. The molecule has 0 atom stereocenters. The van der Waals surface area contributed by atoms with Gasteiger partial charge >= 0.3 is 0 Å². The predicted octanol–water partition coefficient (Wildman–Crippen LogP) is 3.04. The van der Waals surface area contributed by atoms with E-state index in [1.54, 1.807) is 0 Å². The first kappa shape index (κ1) is 21.1. The summed E-state index contributed by atoms with van der Waals surface area (Å²) >= 11 is 0. The number of aromatic nitrogens is 2. The van der Waals surface area contributed by atoms with Gasteiger partial charge in [-0.05, 0) is 41.7 Å². The Morgan fingerprint density at radius 1 is 1.00 bits per heavy atom. The molecule has 1 aromatic heterocycles. The van der Waals surface area contributed by atoms with E-state index in [2.05, 4.69) is 76.1 Å². The van der Waals surface area contributed by atoms with Crippen LogP contribution >= 0.6 is 0 Å². The molecule has 0 unspecified atom stereocenters. The first-order chi connectivity index (χ1) is 15.3. The first-order valence-corrected chi connectivity index (χ1v) is 11.2. The second-order valence-corrected chi connectivity index (χ2v) is 7.89. The zero-order valence-electron chi connectivity index (χ0n) is 18.3. The van der Waals surface area contributed by atoms with Gasteiger partial charge in [-0.15, -0.1) is 0 Å². The van der Waals surface area contributed by atoms with Crippen molar-refractivity contribution in [1.82, 2.24) is 25.3 Å². The van der Waals surface area contributed by atoms with E-state index in [-0.39, 0.29) is 0 Å². The maximum Gasteiger partial charge on any atom is 0.191 e. The lowest BCUT2D eigenvalue weighted by molar-refractivity contribution is 0.258. The molecule has 0 amide bonds. The van der Waals surface area contributed by atoms with Crippen LogP contribution in [0.2, 0.25) is 0 Å². The van der Waals surface area contributed by atoms with Crippen LogP contribution in [0.1, 0.15) is 29.2 Å². The van der Waals surface area contributed by atoms with Gasteiger partial charge in [0.1, 0.15) is 0 Å². The summed E-state index contributed by atoms with van der Waals surface area (Å²) in [5, 5.41) is 11.2. The van der Waals surface area contributed by atoms with E-state index < -0.39 is 0 Å². The fourth-order valence-corrected chi connectivity index (χ4v) is 4.02. The van der Waals surface area contributed by atoms with E-state index in [1.807, 2.05) is 23.1 Å². The molecule has 3 aromatic rings. The molecule has 4 rings (SSSR count). The van der Waals surface area contributed by atoms with Crippen LogP contribution in [0.3, 0.4) is 0 Å². The number of hydrogen-bond acceptors (Lipinski definition) is 3. The highest BCUT2D eigenvalue weighted by molar-refractivity contribution is 5.79. The third-order valence-corrected chi connectivity index (χ3v) is 5.69. The predicted molar refractivity (Wildman–Crippen MR) is 126 cm³/mol. The minimum Gasteiger partial charge on any atom is -0.357 e.